The van der Waals surface area contributed by atoms with Crippen molar-refractivity contribution < 1.29 is 13.5 Å². The van der Waals surface area contributed by atoms with Crippen molar-refractivity contribution in [1.29, 1.82) is 0 Å². The molecule has 1 atom stereocenters. The quantitative estimate of drug-likeness (QED) is 0.493. The van der Waals surface area contributed by atoms with E-state index in [4.69, 9.17) is 11.6 Å². The highest BCUT2D eigenvalue weighted by Crippen LogP contribution is 2.10. The number of hydrogen-bond acceptors (Lipinski definition) is 3. The van der Waals surface area contributed by atoms with Crippen LogP contribution in [0.5, 0.6) is 0 Å². The van der Waals surface area contributed by atoms with Crippen molar-refractivity contribution in [2.45, 2.75) is 45.1 Å². The molecule has 0 radical (unpaired) electrons. The highest BCUT2D eigenvalue weighted by Gasteiger charge is 2.21. The average Bonchev–Trinajstić information content (AvgIpc) is 2.16. The fraction of sp³-hybridized carbons (Fsp3) is 1.00. The van der Waals surface area contributed by atoms with Crippen LogP contribution in [0, 0.1) is 0 Å². The third kappa shape index (κ3) is 8.33. The highest BCUT2D eigenvalue weighted by molar-refractivity contribution is 7.89. The van der Waals surface area contributed by atoms with Gasteiger partial charge >= 0.3 is 0 Å². The smallest absolute Gasteiger partial charge is 0.211 e. The first-order valence-electron chi connectivity index (χ1n) is 5.58. The summed E-state index contributed by atoms with van der Waals surface area (Å²) in [4.78, 5) is 0. The summed E-state index contributed by atoms with van der Waals surface area (Å²) in [6.45, 7) is 3.66. The van der Waals surface area contributed by atoms with Crippen LogP contribution in [-0.2, 0) is 10.0 Å². The second-order valence-corrected chi connectivity index (χ2v) is 6.59. The first kappa shape index (κ1) is 16.2. The Kier molecular flexibility index (Phi) is 7.55. The number of unbranched alkanes of at least 4 members (excludes halogenated alkanes) is 1. The van der Waals surface area contributed by atoms with Gasteiger partial charge in [-0.3, -0.25) is 0 Å². The Hall–Kier alpha value is 0.160. The van der Waals surface area contributed by atoms with Gasteiger partial charge in [0.2, 0.25) is 10.0 Å². The van der Waals surface area contributed by atoms with Crippen molar-refractivity contribution in [1.82, 2.24) is 4.72 Å². The first-order chi connectivity index (χ1) is 7.33. The largest absolute Gasteiger partial charge is 0.389 e. The van der Waals surface area contributed by atoms with E-state index in [-0.39, 0.29) is 12.3 Å². The van der Waals surface area contributed by atoms with Crippen molar-refractivity contribution in [3.8, 4) is 0 Å². The minimum Gasteiger partial charge on any atom is -0.389 e. The summed E-state index contributed by atoms with van der Waals surface area (Å²) in [6, 6.07) is 0. The number of hydrogen-bond donors (Lipinski definition) is 2. The van der Waals surface area contributed by atoms with Crippen molar-refractivity contribution in [2.75, 3.05) is 18.2 Å². The van der Waals surface area contributed by atoms with Crippen molar-refractivity contribution in [2.24, 2.45) is 0 Å². The molecular weight excluding hydrogens is 250 g/mol. The summed E-state index contributed by atoms with van der Waals surface area (Å²) in [5.74, 6) is 0.547. The van der Waals surface area contributed by atoms with E-state index in [1.54, 1.807) is 6.92 Å². The van der Waals surface area contributed by atoms with Gasteiger partial charge in [-0.1, -0.05) is 13.3 Å². The molecule has 0 amide bonds. The summed E-state index contributed by atoms with van der Waals surface area (Å²) in [5.41, 5.74) is -0.964. The fourth-order valence-corrected chi connectivity index (χ4v) is 2.80. The molecule has 0 aliphatic rings. The van der Waals surface area contributed by atoms with Crippen LogP contribution in [0.3, 0.4) is 0 Å². The monoisotopic (exact) mass is 271 g/mol. The van der Waals surface area contributed by atoms with Gasteiger partial charge in [0.15, 0.2) is 0 Å². The van der Waals surface area contributed by atoms with E-state index in [0.29, 0.717) is 25.1 Å². The number of rotatable bonds is 9. The van der Waals surface area contributed by atoms with Crippen molar-refractivity contribution in [3.05, 3.63) is 0 Å². The molecule has 0 bridgehead atoms. The molecule has 2 N–H and O–H groups in total. The lowest BCUT2D eigenvalue weighted by Gasteiger charge is -2.22. The summed E-state index contributed by atoms with van der Waals surface area (Å²) >= 11 is 5.47. The molecule has 0 aromatic rings. The van der Waals surface area contributed by atoms with Gasteiger partial charge < -0.3 is 5.11 Å². The number of alkyl halides is 1. The highest BCUT2D eigenvalue weighted by atomic mass is 35.5. The zero-order chi connectivity index (χ0) is 12.7. The van der Waals surface area contributed by atoms with E-state index in [2.05, 4.69) is 4.72 Å². The third-order valence-corrected chi connectivity index (χ3v) is 3.94. The first-order valence-corrected chi connectivity index (χ1v) is 7.77. The van der Waals surface area contributed by atoms with E-state index in [0.717, 1.165) is 6.42 Å². The van der Waals surface area contributed by atoms with Crippen LogP contribution in [0.15, 0.2) is 0 Å². The van der Waals surface area contributed by atoms with Crippen LogP contribution in [-0.4, -0.2) is 37.3 Å². The Labute approximate surface area is 103 Å². The average molecular weight is 272 g/mol. The molecule has 16 heavy (non-hydrogen) atoms. The summed E-state index contributed by atoms with van der Waals surface area (Å²) < 4.78 is 25.4. The maximum atomic E-state index is 11.5. The Bertz CT molecular complexity index is 278. The van der Waals surface area contributed by atoms with Gasteiger partial charge in [-0.25, -0.2) is 13.1 Å². The molecule has 0 aliphatic carbocycles. The normalized spacial score (nSPS) is 16.0. The van der Waals surface area contributed by atoms with Crippen LogP contribution in [0.4, 0.5) is 0 Å². The second kappa shape index (κ2) is 7.48. The van der Waals surface area contributed by atoms with Gasteiger partial charge in [0.05, 0.1) is 11.4 Å². The minimum absolute atomic E-state index is 0.0714. The summed E-state index contributed by atoms with van der Waals surface area (Å²) in [7, 11) is -3.27. The SMILES string of the molecule is CCCC(C)(O)CNS(=O)(=O)CCCCCl. The Morgan fingerprint density at radius 1 is 1.38 bits per heavy atom. The molecule has 0 aromatic heterocycles. The van der Waals surface area contributed by atoms with E-state index in [1.807, 2.05) is 6.92 Å². The molecule has 0 aromatic carbocycles. The van der Waals surface area contributed by atoms with E-state index >= 15 is 0 Å². The van der Waals surface area contributed by atoms with Crippen molar-refractivity contribution >= 4 is 21.6 Å². The molecule has 0 saturated heterocycles. The maximum absolute atomic E-state index is 11.5. The van der Waals surface area contributed by atoms with E-state index in [9.17, 15) is 13.5 Å². The van der Waals surface area contributed by atoms with Crippen LogP contribution >= 0.6 is 11.6 Å². The van der Waals surface area contributed by atoms with Crippen LogP contribution < -0.4 is 4.72 Å². The molecule has 0 rings (SSSR count). The van der Waals surface area contributed by atoms with E-state index in [1.165, 1.54) is 0 Å². The van der Waals surface area contributed by atoms with Gasteiger partial charge in [0.1, 0.15) is 0 Å². The number of halogens is 1. The zero-order valence-electron chi connectivity index (χ0n) is 10.00. The number of sulfonamides is 1. The van der Waals surface area contributed by atoms with Gasteiger partial charge in [-0.15, -0.1) is 11.6 Å². The van der Waals surface area contributed by atoms with Crippen LogP contribution in [0.2, 0.25) is 0 Å². The molecule has 0 heterocycles. The van der Waals surface area contributed by atoms with Gasteiger partial charge in [0, 0.05) is 12.4 Å². The Morgan fingerprint density at radius 3 is 2.50 bits per heavy atom. The predicted octanol–water partition coefficient (Wildman–Crippen LogP) is 1.48. The van der Waals surface area contributed by atoms with Crippen LogP contribution in [0.25, 0.3) is 0 Å². The molecule has 4 nitrogen and oxygen atoms in total. The molecule has 0 saturated carbocycles. The molecular formula is C10H22ClNO3S. The Balaban J connectivity index is 3.98. The number of aliphatic hydroxyl groups is 1. The molecule has 0 fully saturated rings. The van der Waals surface area contributed by atoms with Crippen LogP contribution in [0.1, 0.15) is 39.5 Å². The molecule has 0 spiro atoms. The van der Waals surface area contributed by atoms with Gasteiger partial charge in [0.25, 0.3) is 0 Å². The van der Waals surface area contributed by atoms with Crippen molar-refractivity contribution in [3.63, 3.8) is 0 Å². The molecule has 0 aliphatic heterocycles. The fourth-order valence-electron chi connectivity index (χ4n) is 1.35. The van der Waals surface area contributed by atoms with Gasteiger partial charge in [-0.05, 0) is 26.2 Å². The predicted molar refractivity (Wildman–Crippen MR) is 67.3 cm³/mol. The molecule has 98 valence electrons. The van der Waals surface area contributed by atoms with Gasteiger partial charge in [-0.2, -0.15) is 0 Å². The standard InChI is InChI=1S/C10H22ClNO3S/c1-3-6-10(2,13)9-12-16(14,15)8-5-4-7-11/h12-13H,3-9H2,1-2H3. The molecule has 1 unspecified atom stereocenters. The maximum Gasteiger partial charge on any atom is 0.211 e. The topological polar surface area (TPSA) is 66.4 Å². The lowest BCUT2D eigenvalue weighted by molar-refractivity contribution is 0.0554. The second-order valence-electron chi connectivity index (χ2n) is 4.28. The number of nitrogens with one attached hydrogen (secondary N) is 1. The minimum atomic E-state index is -3.27. The Morgan fingerprint density at radius 2 is 2.00 bits per heavy atom. The van der Waals surface area contributed by atoms with E-state index < -0.39 is 15.6 Å². The molecule has 6 heteroatoms. The summed E-state index contributed by atoms with van der Waals surface area (Å²) in [6.07, 6.45) is 2.64. The lowest BCUT2D eigenvalue weighted by Crippen LogP contribution is -2.41. The zero-order valence-corrected chi connectivity index (χ0v) is 11.6. The lowest BCUT2D eigenvalue weighted by atomic mass is 10.0. The summed E-state index contributed by atoms with van der Waals surface area (Å²) in [5, 5.41) is 9.80. The third-order valence-electron chi connectivity index (χ3n) is 2.26.